The minimum absolute atomic E-state index is 0.00935. The quantitative estimate of drug-likeness (QED) is 0.155. The van der Waals surface area contributed by atoms with Crippen LogP contribution in [0.15, 0.2) is 11.6 Å². The van der Waals surface area contributed by atoms with Crippen LogP contribution in [-0.2, 0) is 23.7 Å². The highest BCUT2D eigenvalue weighted by molar-refractivity contribution is 5.76. The molecule has 13 unspecified atom stereocenters. The highest BCUT2D eigenvalue weighted by Gasteiger charge is 2.69. The molecule has 5 aliphatic carbocycles. The summed E-state index contributed by atoms with van der Waals surface area (Å²) in [6, 6.07) is 0. The molecule has 0 amide bonds. The van der Waals surface area contributed by atoms with Gasteiger partial charge in [-0.15, -0.1) is 0 Å². The maximum atomic E-state index is 13.0. The summed E-state index contributed by atoms with van der Waals surface area (Å²) in [5.74, 6) is 0.147. The first kappa shape index (κ1) is 40.0. The number of aliphatic hydroxyl groups is 6. The second-order valence-corrected chi connectivity index (χ2v) is 20.2. The molecule has 302 valence electrons. The number of hydrogen-bond donors (Lipinski definition) is 7. The van der Waals surface area contributed by atoms with Crippen LogP contribution in [0.25, 0.3) is 0 Å². The zero-order valence-corrected chi connectivity index (χ0v) is 32.7. The van der Waals surface area contributed by atoms with Crippen molar-refractivity contribution in [2.24, 2.45) is 50.2 Å². The first-order valence-electron chi connectivity index (χ1n) is 20.2. The van der Waals surface area contributed by atoms with E-state index in [0.717, 1.165) is 64.2 Å². The number of aliphatic carboxylic acids is 1. The largest absolute Gasteiger partial charge is 0.481 e. The van der Waals surface area contributed by atoms with Crippen molar-refractivity contribution in [3.63, 3.8) is 0 Å². The molecule has 0 aromatic carbocycles. The van der Waals surface area contributed by atoms with Crippen molar-refractivity contribution in [3.05, 3.63) is 11.6 Å². The Morgan fingerprint density at radius 1 is 0.811 bits per heavy atom. The van der Waals surface area contributed by atoms with Gasteiger partial charge in [0.15, 0.2) is 12.6 Å². The molecule has 12 heteroatoms. The predicted octanol–water partition coefficient (Wildman–Crippen LogP) is 3.52. The van der Waals surface area contributed by atoms with E-state index in [-0.39, 0.29) is 45.7 Å². The second kappa shape index (κ2) is 13.5. The molecule has 2 heterocycles. The Labute approximate surface area is 314 Å². The van der Waals surface area contributed by atoms with Crippen LogP contribution in [0.1, 0.15) is 113 Å². The molecule has 4 saturated carbocycles. The number of fused-ring (bicyclic) bond motifs is 7. The third-order valence-electron chi connectivity index (χ3n) is 16.9. The molecule has 0 bridgehead atoms. The third-order valence-corrected chi connectivity index (χ3v) is 16.9. The first-order chi connectivity index (χ1) is 24.7. The molecule has 6 fully saturated rings. The number of allylic oxidation sites excluding steroid dienone is 2. The summed E-state index contributed by atoms with van der Waals surface area (Å²) in [4.78, 5) is 13.0. The molecule has 2 saturated heterocycles. The van der Waals surface area contributed by atoms with Gasteiger partial charge in [-0.1, -0.05) is 60.1 Å². The molecule has 17 atom stereocenters. The summed E-state index contributed by atoms with van der Waals surface area (Å²) in [5, 5.41) is 73.3. The van der Waals surface area contributed by atoms with Crippen LogP contribution in [0.2, 0.25) is 0 Å². The van der Waals surface area contributed by atoms with Crippen LogP contribution in [0.3, 0.4) is 0 Å². The number of ether oxygens (including phenoxy) is 4. The summed E-state index contributed by atoms with van der Waals surface area (Å²) in [6.07, 6.45) is -1.79. The van der Waals surface area contributed by atoms with Gasteiger partial charge >= 0.3 is 5.97 Å². The van der Waals surface area contributed by atoms with E-state index in [9.17, 15) is 40.5 Å². The summed E-state index contributed by atoms with van der Waals surface area (Å²) >= 11 is 0. The Morgan fingerprint density at radius 2 is 1.51 bits per heavy atom. The zero-order chi connectivity index (χ0) is 38.7. The standard InChI is InChI=1S/C41H66O12/c1-36(2)14-16-41(35(48)49)17-15-39(6)21(22(41)18-36)8-9-26-38(5)12-11-27(37(3,4)25(38)10-13-40(26,39)7)52-34-32(28(44)23(43)20-50-34)53-33-31(47)30(46)29(45)24(19-42)51-33/h8,22-34,42-47H,9-20H2,1-7H3,(H,48,49)/t22?,23?,24?,25?,26?,27-,28?,29?,30?,31?,32?,33?,34?,38-,39?,40+,41-/m0/s1. The van der Waals surface area contributed by atoms with Gasteiger partial charge in [0.1, 0.15) is 42.7 Å². The normalized spacial score (nSPS) is 53.3. The molecular weight excluding hydrogens is 684 g/mol. The van der Waals surface area contributed by atoms with Crippen LogP contribution >= 0.6 is 0 Å². The van der Waals surface area contributed by atoms with Gasteiger partial charge in [-0.25, -0.2) is 0 Å². The monoisotopic (exact) mass is 750 g/mol. The topological polar surface area (TPSA) is 196 Å². The lowest BCUT2D eigenvalue weighted by molar-refractivity contribution is -0.367. The van der Waals surface area contributed by atoms with E-state index >= 15 is 0 Å². The molecule has 7 rings (SSSR count). The van der Waals surface area contributed by atoms with Crippen LogP contribution in [-0.4, -0.2) is 116 Å². The summed E-state index contributed by atoms with van der Waals surface area (Å²) in [5.41, 5.74) is 0.450. The van der Waals surface area contributed by atoms with E-state index in [2.05, 4.69) is 54.5 Å². The summed E-state index contributed by atoms with van der Waals surface area (Å²) in [6.45, 7) is 15.7. The van der Waals surface area contributed by atoms with Crippen LogP contribution in [0.5, 0.6) is 0 Å². The van der Waals surface area contributed by atoms with Crippen LogP contribution < -0.4 is 0 Å². The van der Waals surface area contributed by atoms with Crippen LogP contribution in [0.4, 0.5) is 0 Å². The van der Waals surface area contributed by atoms with Crippen molar-refractivity contribution < 1.29 is 59.5 Å². The van der Waals surface area contributed by atoms with Gasteiger partial charge in [0.25, 0.3) is 0 Å². The van der Waals surface area contributed by atoms with Gasteiger partial charge in [0.2, 0.25) is 0 Å². The van der Waals surface area contributed by atoms with E-state index in [0.29, 0.717) is 11.8 Å². The minimum atomic E-state index is -1.69. The van der Waals surface area contributed by atoms with E-state index < -0.39 is 73.3 Å². The Kier molecular flexibility index (Phi) is 10.2. The predicted molar refractivity (Wildman–Crippen MR) is 192 cm³/mol. The Hall–Kier alpha value is -1.19. The maximum Gasteiger partial charge on any atom is 0.310 e. The van der Waals surface area contributed by atoms with E-state index in [1.54, 1.807) is 0 Å². The Bertz CT molecular complexity index is 1430. The zero-order valence-electron chi connectivity index (χ0n) is 32.7. The van der Waals surface area contributed by atoms with Crippen LogP contribution in [0, 0.1) is 50.2 Å². The highest BCUT2D eigenvalue weighted by Crippen LogP contribution is 2.76. The summed E-state index contributed by atoms with van der Waals surface area (Å²) < 4.78 is 24.3. The Balaban J connectivity index is 1.13. The number of hydrogen-bond acceptors (Lipinski definition) is 11. The molecule has 0 aromatic rings. The van der Waals surface area contributed by atoms with Crippen molar-refractivity contribution in [2.75, 3.05) is 13.2 Å². The molecule has 2 aliphatic heterocycles. The SMILES string of the molecule is CC1(C)CC[C@]2(C(=O)O)CCC3(C)C(=CCC4[C@@]5(C)CC[C@H](OC6OCC(O)C(O)C6OC6OC(CO)C(O)C(O)C6O)C(C)(C)C5CC[C@]43C)C2C1. The fourth-order valence-electron chi connectivity index (χ4n) is 13.4. The smallest absolute Gasteiger partial charge is 0.310 e. The number of carbonyl (C=O) groups is 1. The number of carboxylic acids is 1. The van der Waals surface area contributed by atoms with Gasteiger partial charge in [-0.3, -0.25) is 4.79 Å². The van der Waals surface area contributed by atoms with Crippen molar-refractivity contribution in [3.8, 4) is 0 Å². The minimum Gasteiger partial charge on any atom is -0.481 e. The molecule has 53 heavy (non-hydrogen) atoms. The van der Waals surface area contributed by atoms with Gasteiger partial charge in [-0.2, -0.15) is 0 Å². The fourth-order valence-corrected chi connectivity index (χ4v) is 13.4. The lowest BCUT2D eigenvalue weighted by atomic mass is 9.33. The van der Waals surface area contributed by atoms with Crippen molar-refractivity contribution >= 4 is 5.97 Å². The molecule has 0 radical (unpaired) electrons. The average Bonchev–Trinajstić information content (AvgIpc) is 3.08. The van der Waals surface area contributed by atoms with Crippen molar-refractivity contribution in [1.82, 2.24) is 0 Å². The number of carboxylic acid groups (broad SMARTS) is 1. The van der Waals surface area contributed by atoms with Crippen molar-refractivity contribution in [1.29, 1.82) is 0 Å². The maximum absolute atomic E-state index is 13.0. The lowest BCUT2D eigenvalue weighted by Gasteiger charge is -2.71. The van der Waals surface area contributed by atoms with E-state index in [1.807, 2.05) is 0 Å². The van der Waals surface area contributed by atoms with Crippen molar-refractivity contribution in [2.45, 2.75) is 174 Å². The van der Waals surface area contributed by atoms with Gasteiger partial charge in [-0.05, 0) is 109 Å². The molecule has 7 N–H and O–H groups in total. The number of aliphatic hydroxyl groups excluding tert-OH is 6. The van der Waals surface area contributed by atoms with Gasteiger partial charge in [0, 0.05) is 0 Å². The fraction of sp³-hybridized carbons (Fsp3) is 0.927. The lowest BCUT2D eigenvalue weighted by Crippen LogP contribution is -2.66. The molecular formula is C41H66O12. The average molecular weight is 751 g/mol. The molecule has 12 nitrogen and oxygen atoms in total. The summed E-state index contributed by atoms with van der Waals surface area (Å²) in [7, 11) is 0. The van der Waals surface area contributed by atoms with Gasteiger partial charge < -0.3 is 54.7 Å². The highest BCUT2D eigenvalue weighted by atomic mass is 16.8. The van der Waals surface area contributed by atoms with Gasteiger partial charge in [0.05, 0.1) is 24.7 Å². The molecule has 7 aliphatic rings. The van der Waals surface area contributed by atoms with E-state index in [4.69, 9.17) is 18.9 Å². The second-order valence-electron chi connectivity index (χ2n) is 20.2. The molecule has 0 aromatic heterocycles. The Morgan fingerprint density at radius 3 is 2.19 bits per heavy atom. The third kappa shape index (κ3) is 5.94. The molecule has 0 spiro atoms. The number of rotatable bonds is 6. The first-order valence-corrected chi connectivity index (χ1v) is 20.2. The van der Waals surface area contributed by atoms with E-state index in [1.165, 1.54) is 5.57 Å².